The molecule has 15 heavy (non-hydrogen) atoms. The normalized spacial score (nSPS) is 14.6. The number of esters is 1. The van der Waals surface area contributed by atoms with E-state index in [4.69, 9.17) is 32.7 Å². The van der Waals surface area contributed by atoms with Gasteiger partial charge in [0.05, 0.1) is 11.6 Å². The van der Waals surface area contributed by atoms with Gasteiger partial charge in [0.1, 0.15) is 0 Å². The molecular formula is C10H14Cl2O3. The Morgan fingerprint density at radius 2 is 2.27 bits per heavy atom. The minimum atomic E-state index is -0.661. The van der Waals surface area contributed by atoms with Crippen LogP contribution in [0.25, 0.3) is 0 Å². The van der Waals surface area contributed by atoms with E-state index < -0.39 is 12.3 Å². The number of allylic oxidation sites excluding steroid dienone is 1. The SMILES string of the molecule is C=CC(=O)OC(C)OC=CC(Cl)CCCl. The van der Waals surface area contributed by atoms with Gasteiger partial charge in [-0.3, -0.25) is 0 Å². The molecule has 0 aromatic rings. The van der Waals surface area contributed by atoms with Crippen LogP contribution in [0, 0.1) is 0 Å². The highest BCUT2D eigenvalue weighted by Crippen LogP contribution is 2.06. The molecule has 0 aliphatic carbocycles. The second-order valence-electron chi connectivity index (χ2n) is 2.67. The lowest BCUT2D eigenvalue weighted by atomic mass is 10.3. The van der Waals surface area contributed by atoms with Crippen LogP contribution in [-0.4, -0.2) is 23.5 Å². The van der Waals surface area contributed by atoms with Crippen molar-refractivity contribution in [3.63, 3.8) is 0 Å². The van der Waals surface area contributed by atoms with Crippen LogP contribution < -0.4 is 0 Å². The summed E-state index contributed by atoms with van der Waals surface area (Å²) in [5, 5.41) is -0.176. The molecule has 3 nitrogen and oxygen atoms in total. The van der Waals surface area contributed by atoms with Crippen LogP contribution in [-0.2, 0) is 14.3 Å². The first-order valence-corrected chi connectivity index (χ1v) is 5.42. The lowest BCUT2D eigenvalue weighted by Gasteiger charge is -2.11. The number of hydrogen-bond donors (Lipinski definition) is 0. The average molecular weight is 253 g/mol. The van der Waals surface area contributed by atoms with Gasteiger partial charge in [0.2, 0.25) is 6.29 Å². The number of halogens is 2. The Morgan fingerprint density at radius 3 is 2.80 bits per heavy atom. The summed E-state index contributed by atoms with van der Waals surface area (Å²) in [4.78, 5) is 10.7. The summed E-state index contributed by atoms with van der Waals surface area (Å²) < 4.78 is 9.77. The second-order valence-corrected chi connectivity index (χ2v) is 3.61. The molecule has 2 unspecified atom stereocenters. The Morgan fingerprint density at radius 1 is 1.60 bits per heavy atom. The average Bonchev–Trinajstić information content (AvgIpc) is 2.18. The van der Waals surface area contributed by atoms with Crippen molar-refractivity contribution in [1.29, 1.82) is 0 Å². The van der Waals surface area contributed by atoms with Gasteiger partial charge in [-0.2, -0.15) is 0 Å². The predicted octanol–water partition coefficient (Wildman–Crippen LogP) is 2.83. The van der Waals surface area contributed by atoms with E-state index in [0.717, 1.165) is 6.08 Å². The Labute approximate surface area is 99.6 Å². The van der Waals surface area contributed by atoms with Gasteiger partial charge in [0, 0.05) is 18.9 Å². The van der Waals surface area contributed by atoms with Gasteiger partial charge in [0.15, 0.2) is 0 Å². The van der Waals surface area contributed by atoms with E-state index in [1.165, 1.54) is 6.26 Å². The number of carbonyl (C=O) groups excluding carboxylic acids is 1. The highest BCUT2D eigenvalue weighted by atomic mass is 35.5. The van der Waals surface area contributed by atoms with Crippen molar-refractivity contribution in [2.24, 2.45) is 0 Å². The molecule has 0 bridgehead atoms. The van der Waals surface area contributed by atoms with Crippen molar-refractivity contribution in [3.05, 3.63) is 25.0 Å². The van der Waals surface area contributed by atoms with E-state index in [1.807, 2.05) is 0 Å². The Hall–Kier alpha value is -0.670. The minimum Gasteiger partial charge on any atom is -0.463 e. The fourth-order valence-electron chi connectivity index (χ4n) is 0.681. The number of ether oxygens (including phenoxy) is 2. The Balaban J connectivity index is 3.73. The minimum absolute atomic E-state index is 0.176. The summed E-state index contributed by atoms with van der Waals surface area (Å²) >= 11 is 11.3. The maximum Gasteiger partial charge on any atom is 0.333 e. The quantitative estimate of drug-likeness (QED) is 0.230. The molecule has 0 aromatic carbocycles. The van der Waals surface area contributed by atoms with E-state index in [2.05, 4.69) is 6.58 Å². The van der Waals surface area contributed by atoms with Gasteiger partial charge in [-0.05, 0) is 12.5 Å². The van der Waals surface area contributed by atoms with Gasteiger partial charge < -0.3 is 9.47 Å². The molecule has 0 aliphatic rings. The van der Waals surface area contributed by atoms with Crippen molar-refractivity contribution in [2.75, 3.05) is 5.88 Å². The number of hydrogen-bond acceptors (Lipinski definition) is 3. The fraction of sp³-hybridized carbons (Fsp3) is 0.500. The monoisotopic (exact) mass is 252 g/mol. The molecule has 0 spiro atoms. The molecule has 0 amide bonds. The smallest absolute Gasteiger partial charge is 0.333 e. The molecule has 0 saturated carbocycles. The molecule has 0 radical (unpaired) electrons. The summed E-state index contributed by atoms with van der Waals surface area (Å²) in [6.45, 7) is 4.86. The highest BCUT2D eigenvalue weighted by Gasteiger charge is 2.04. The van der Waals surface area contributed by atoms with Crippen molar-refractivity contribution in [1.82, 2.24) is 0 Å². The molecule has 5 heteroatoms. The van der Waals surface area contributed by atoms with Crippen molar-refractivity contribution in [3.8, 4) is 0 Å². The summed E-state index contributed by atoms with van der Waals surface area (Å²) in [6.07, 6.45) is 4.10. The second kappa shape index (κ2) is 8.62. The molecule has 2 atom stereocenters. The van der Waals surface area contributed by atoms with Gasteiger partial charge in [-0.15, -0.1) is 23.2 Å². The third-order valence-corrected chi connectivity index (χ3v) is 1.97. The zero-order valence-corrected chi connectivity index (χ0v) is 10.0. The van der Waals surface area contributed by atoms with E-state index in [1.54, 1.807) is 13.0 Å². The molecule has 0 N–H and O–H groups in total. The molecule has 0 rings (SSSR count). The van der Waals surface area contributed by atoms with Crippen molar-refractivity contribution >= 4 is 29.2 Å². The Kier molecular flexibility index (Phi) is 8.24. The van der Waals surface area contributed by atoms with Crippen LogP contribution in [0.1, 0.15) is 13.3 Å². The number of carbonyl (C=O) groups is 1. The summed E-state index contributed by atoms with van der Waals surface area (Å²) in [5.41, 5.74) is 0. The lowest BCUT2D eigenvalue weighted by Crippen LogP contribution is -2.14. The van der Waals surface area contributed by atoms with Crippen LogP contribution >= 0.6 is 23.2 Å². The van der Waals surface area contributed by atoms with E-state index >= 15 is 0 Å². The molecule has 0 aliphatic heterocycles. The molecule has 0 saturated heterocycles. The van der Waals surface area contributed by atoms with E-state index in [9.17, 15) is 4.79 Å². The number of alkyl halides is 2. The fourth-order valence-corrected chi connectivity index (χ4v) is 1.20. The third kappa shape index (κ3) is 8.33. The Bertz CT molecular complexity index is 229. The zero-order valence-electron chi connectivity index (χ0n) is 8.49. The van der Waals surface area contributed by atoms with Crippen LogP contribution in [0.15, 0.2) is 25.0 Å². The molecule has 0 heterocycles. The predicted molar refractivity (Wildman–Crippen MR) is 61.0 cm³/mol. The first-order chi connectivity index (χ1) is 7.10. The summed E-state index contributed by atoms with van der Waals surface area (Å²) in [6, 6.07) is 0. The molecular weight excluding hydrogens is 239 g/mol. The first kappa shape index (κ1) is 14.3. The molecule has 0 aromatic heterocycles. The van der Waals surface area contributed by atoms with E-state index in [0.29, 0.717) is 12.3 Å². The van der Waals surface area contributed by atoms with Gasteiger partial charge in [-0.1, -0.05) is 6.58 Å². The zero-order chi connectivity index (χ0) is 11.7. The maximum absolute atomic E-state index is 10.7. The lowest BCUT2D eigenvalue weighted by molar-refractivity contribution is -0.159. The number of rotatable bonds is 7. The summed E-state index contributed by atoms with van der Waals surface area (Å²) in [7, 11) is 0. The molecule has 86 valence electrons. The van der Waals surface area contributed by atoms with Crippen molar-refractivity contribution in [2.45, 2.75) is 25.0 Å². The van der Waals surface area contributed by atoms with Crippen molar-refractivity contribution < 1.29 is 14.3 Å². The third-order valence-electron chi connectivity index (χ3n) is 1.39. The topological polar surface area (TPSA) is 35.5 Å². The standard InChI is InChI=1S/C10H14Cl2O3/c1-3-10(13)15-8(2)14-7-5-9(12)4-6-11/h3,5,7-9H,1,4,6H2,2H3. The van der Waals surface area contributed by atoms with Gasteiger partial charge in [0.25, 0.3) is 0 Å². The summed E-state index contributed by atoms with van der Waals surface area (Å²) in [5.74, 6) is -0.0430. The maximum atomic E-state index is 10.7. The highest BCUT2D eigenvalue weighted by molar-refractivity contribution is 6.23. The van der Waals surface area contributed by atoms with Crippen LogP contribution in [0.2, 0.25) is 0 Å². The first-order valence-electron chi connectivity index (χ1n) is 4.45. The van der Waals surface area contributed by atoms with Crippen LogP contribution in [0.3, 0.4) is 0 Å². The largest absolute Gasteiger partial charge is 0.463 e. The van der Waals surface area contributed by atoms with E-state index in [-0.39, 0.29) is 5.38 Å². The van der Waals surface area contributed by atoms with Crippen LogP contribution in [0.4, 0.5) is 0 Å². The molecule has 0 fully saturated rings. The van der Waals surface area contributed by atoms with Gasteiger partial charge in [-0.25, -0.2) is 4.79 Å². The van der Waals surface area contributed by atoms with Gasteiger partial charge >= 0.3 is 5.97 Å². The van der Waals surface area contributed by atoms with Crippen LogP contribution in [0.5, 0.6) is 0 Å².